The molecule has 6 nitrogen and oxygen atoms in total. The summed E-state index contributed by atoms with van der Waals surface area (Å²) in [5.74, 6) is -0.972. The van der Waals surface area contributed by atoms with E-state index in [-0.39, 0.29) is 35.7 Å². The fourth-order valence-corrected chi connectivity index (χ4v) is 5.41. The monoisotopic (exact) mass is 501 g/mol. The highest BCUT2D eigenvalue weighted by Crippen LogP contribution is 2.40. The third kappa shape index (κ3) is 5.14. The number of carbonyl (C=O) groups excluding carboxylic acids is 1. The number of aromatic nitrogens is 3. The molecule has 0 bridgehead atoms. The second kappa shape index (κ2) is 10.3. The van der Waals surface area contributed by atoms with E-state index in [0.717, 1.165) is 11.6 Å². The first kappa shape index (κ1) is 23.7. The molecule has 36 heavy (non-hydrogen) atoms. The molecule has 0 saturated carbocycles. The van der Waals surface area contributed by atoms with Gasteiger partial charge < -0.3 is 9.47 Å². The number of allylic oxidation sites excluding steroid dienone is 4. The quantitative estimate of drug-likeness (QED) is 0.467. The van der Waals surface area contributed by atoms with E-state index in [4.69, 9.17) is 5.26 Å². The van der Waals surface area contributed by atoms with Crippen LogP contribution in [0.1, 0.15) is 22.5 Å². The van der Waals surface area contributed by atoms with Crippen molar-refractivity contribution in [3.05, 3.63) is 118 Å². The van der Waals surface area contributed by atoms with Crippen LogP contribution >= 0.6 is 11.8 Å². The van der Waals surface area contributed by atoms with Crippen LogP contribution in [0, 0.1) is 28.9 Å². The smallest absolute Gasteiger partial charge is 0.260 e. The van der Waals surface area contributed by atoms with Crippen molar-refractivity contribution in [3.8, 4) is 6.07 Å². The number of hydrogen-bond acceptors (Lipinski definition) is 5. The highest BCUT2D eigenvalue weighted by Gasteiger charge is 2.32. The molecule has 0 spiro atoms. The molecule has 0 saturated heterocycles. The molecule has 180 valence electrons. The Morgan fingerprint density at radius 2 is 1.92 bits per heavy atom. The minimum atomic E-state index is -0.709. The van der Waals surface area contributed by atoms with Crippen molar-refractivity contribution in [2.45, 2.75) is 24.9 Å². The maximum Gasteiger partial charge on any atom is 0.260 e. The zero-order chi connectivity index (χ0) is 25.1. The number of fused-ring (bicyclic) bond motifs is 1. The van der Waals surface area contributed by atoms with Gasteiger partial charge in [-0.15, -0.1) is 22.0 Å². The first-order valence-corrected chi connectivity index (χ1v) is 12.2. The van der Waals surface area contributed by atoms with E-state index in [1.165, 1.54) is 28.8 Å². The lowest BCUT2D eigenvalue weighted by atomic mass is 10.0. The predicted octanol–water partition coefficient (Wildman–Crippen LogP) is 4.75. The Morgan fingerprint density at radius 3 is 2.67 bits per heavy atom. The summed E-state index contributed by atoms with van der Waals surface area (Å²) in [6, 6.07) is 12.6. The Kier molecular flexibility index (Phi) is 6.78. The summed E-state index contributed by atoms with van der Waals surface area (Å²) in [7, 11) is 0. The maximum atomic E-state index is 14.5. The number of nitrogens with zero attached hydrogens (tertiary/aromatic N) is 5. The summed E-state index contributed by atoms with van der Waals surface area (Å²) in [6.07, 6.45) is 11.5. The van der Waals surface area contributed by atoms with Crippen LogP contribution in [0.25, 0.3) is 0 Å². The van der Waals surface area contributed by atoms with Gasteiger partial charge >= 0.3 is 0 Å². The molecule has 2 atom stereocenters. The molecular formula is C27H21F2N5OS. The van der Waals surface area contributed by atoms with Gasteiger partial charge in [0.05, 0.1) is 29.6 Å². The van der Waals surface area contributed by atoms with E-state index in [9.17, 15) is 13.6 Å². The third-order valence-corrected chi connectivity index (χ3v) is 7.38. The Labute approximate surface area is 211 Å². The summed E-state index contributed by atoms with van der Waals surface area (Å²) in [6.45, 7) is 0.483. The normalized spacial score (nSPS) is 18.0. The number of nitriles is 1. The Balaban J connectivity index is 1.41. The van der Waals surface area contributed by atoms with Crippen molar-refractivity contribution in [1.82, 2.24) is 19.7 Å². The van der Waals surface area contributed by atoms with Gasteiger partial charge in [0.15, 0.2) is 5.82 Å². The van der Waals surface area contributed by atoms with Crippen molar-refractivity contribution in [1.29, 1.82) is 5.26 Å². The Hall–Kier alpha value is -4.03. The fourth-order valence-electron chi connectivity index (χ4n) is 4.15. The molecule has 2 aliphatic rings. The van der Waals surface area contributed by atoms with Gasteiger partial charge in [-0.05, 0) is 23.8 Å². The van der Waals surface area contributed by atoms with Crippen LogP contribution in [0.5, 0.6) is 0 Å². The van der Waals surface area contributed by atoms with Crippen molar-refractivity contribution >= 4 is 17.7 Å². The zero-order valence-electron chi connectivity index (χ0n) is 19.1. The van der Waals surface area contributed by atoms with Gasteiger partial charge in [-0.3, -0.25) is 4.79 Å². The summed E-state index contributed by atoms with van der Waals surface area (Å²) in [4.78, 5) is 15.7. The van der Waals surface area contributed by atoms with Gasteiger partial charge in [-0.1, -0.05) is 48.6 Å². The van der Waals surface area contributed by atoms with Crippen molar-refractivity contribution in [2.75, 3.05) is 0 Å². The Morgan fingerprint density at radius 1 is 1.11 bits per heavy atom. The molecule has 1 aromatic heterocycles. The zero-order valence-corrected chi connectivity index (χ0v) is 19.9. The molecule has 3 aromatic rings. The highest BCUT2D eigenvalue weighted by atomic mass is 32.2. The number of hydrogen-bond donors (Lipinski definition) is 0. The molecule has 2 aromatic carbocycles. The maximum absolute atomic E-state index is 14.5. The number of thioether (sulfide) groups is 1. The van der Waals surface area contributed by atoms with E-state index in [0.29, 0.717) is 22.8 Å². The van der Waals surface area contributed by atoms with Gasteiger partial charge in [-0.25, -0.2) is 8.78 Å². The summed E-state index contributed by atoms with van der Waals surface area (Å²) in [5.41, 5.74) is 1.71. The van der Waals surface area contributed by atoms with Crippen molar-refractivity contribution in [3.63, 3.8) is 0 Å². The molecule has 0 N–H and O–H groups in total. The third-order valence-electron chi connectivity index (χ3n) is 6.07. The van der Waals surface area contributed by atoms with Crippen LogP contribution in [0.15, 0.2) is 84.1 Å². The summed E-state index contributed by atoms with van der Waals surface area (Å²) >= 11 is 1.48. The lowest BCUT2D eigenvalue weighted by molar-refractivity contribution is -0.127. The molecule has 0 fully saturated rings. The molecule has 1 aliphatic carbocycles. The predicted molar refractivity (Wildman–Crippen MR) is 132 cm³/mol. The average molecular weight is 502 g/mol. The van der Waals surface area contributed by atoms with E-state index in [1.807, 2.05) is 34.9 Å². The lowest BCUT2D eigenvalue weighted by Crippen LogP contribution is -2.32. The van der Waals surface area contributed by atoms with Crippen LogP contribution in [0.2, 0.25) is 0 Å². The number of rotatable bonds is 7. The SMILES string of the molecule is N#Cc1ccc(Cn2cnnc2CN(Cc2ccc(F)cc2F)C(=O)C2=CC3C=CC=CC3S2)cc1. The molecule has 1 aliphatic heterocycles. The van der Waals surface area contributed by atoms with Gasteiger partial charge in [0.1, 0.15) is 18.0 Å². The molecule has 2 unspecified atom stereocenters. The fraction of sp³-hybridized carbons (Fsp3) is 0.185. The number of halogens is 2. The van der Waals surface area contributed by atoms with Gasteiger partial charge in [-0.2, -0.15) is 5.26 Å². The average Bonchev–Trinajstić information content (AvgIpc) is 3.52. The second-order valence-corrected chi connectivity index (χ2v) is 9.76. The topological polar surface area (TPSA) is 74.8 Å². The lowest BCUT2D eigenvalue weighted by Gasteiger charge is -2.23. The van der Waals surface area contributed by atoms with Crippen LogP contribution < -0.4 is 0 Å². The van der Waals surface area contributed by atoms with Gasteiger partial charge in [0, 0.05) is 29.3 Å². The number of amides is 1. The molecule has 0 radical (unpaired) electrons. The van der Waals surface area contributed by atoms with Gasteiger partial charge in [0.2, 0.25) is 0 Å². The van der Waals surface area contributed by atoms with Gasteiger partial charge in [0.25, 0.3) is 5.91 Å². The standard InChI is InChI=1S/C27H21F2N5OS/c28-22-10-9-21(23(29)12-22)15-33(27(35)25-11-20-3-1-2-4-24(20)36-25)16-26-32-31-17-34(26)14-19-7-5-18(13-30)6-8-19/h1-12,17,20,24H,14-16H2. The molecule has 2 heterocycles. The Bertz CT molecular complexity index is 1420. The largest absolute Gasteiger partial charge is 0.326 e. The minimum absolute atomic E-state index is 0.0480. The molecule has 5 rings (SSSR count). The minimum Gasteiger partial charge on any atom is -0.326 e. The van der Waals surface area contributed by atoms with Crippen LogP contribution in [0.3, 0.4) is 0 Å². The molecular weight excluding hydrogens is 480 g/mol. The van der Waals surface area contributed by atoms with Crippen LogP contribution in [0.4, 0.5) is 8.78 Å². The molecule has 1 amide bonds. The first-order chi connectivity index (χ1) is 17.5. The first-order valence-electron chi connectivity index (χ1n) is 11.3. The van der Waals surface area contributed by atoms with E-state index >= 15 is 0 Å². The van der Waals surface area contributed by atoms with E-state index in [1.54, 1.807) is 18.5 Å². The second-order valence-electron chi connectivity index (χ2n) is 8.54. The van der Waals surface area contributed by atoms with Crippen molar-refractivity contribution < 1.29 is 13.6 Å². The number of carbonyl (C=O) groups is 1. The van der Waals surface area contributed by atoms with Crippen LogP contribution in [-0.4, -0.2) is 30.8 Å². The van der Waals surface area contributed by atoms with Crippen molar-refractivity contribution in [2.24, 2.45) is 5.92 Å². The number of benzene rings is 2. The van der Waals surface area contributed by atoms with Crippen LogP contribution in [-0.2, 0) is 24.4 Å². The van der Waals surface area contributed by atoms with E-state index in [2.05, 4.69) is 28.4 Å². The van der Waals surface area contributed by atoms with E-state index < -0.39 is 11.6 Å². The highest BCUT2D eigenvalue weighted by molar-refractivity contribution is 8.05. The summed E-state index contributed by atoms with van der Waals surface area (Å²) < 4.78 is 29.8. The molecule has 9 heteroatoms. The summed E-state index contributed by atoms with van der Waals surface area (Å²) in [5, 5.41) is 17.4.